The summed E-state index contributed by atoms with van der Waals surface area (Å²) in [5, 5.41) is 0. The highest BCUT2D eigenvalue weighted by Crippen LogP contribution is 2.18. The molecule has 0 saturated heterocycles. The van der Waals surface area contributed by atoms with Gasteiger partial charge in [0.1, 0.15) is 0 Å². The number of aryl methyl sites for hydroxylation is 1. The molecule has 0 aromatic heterocycles. The molecule has 15 heavy (non-hydrogen) atoms. The Hall–Kier alpha value is -1.11. The van der Waals surface area contributed by atoms with Crippen molar-refractivity contribution in [1.29, 1.82) is 0 Å². The van der Waals surface area contributed by atoms with Gasteiger partial charge in [0.15, 0.2) is 5.78 Å². The van der Waals surface area contributed by atoms with Gasteiger partial charge in [-0.25, -0.2) is 0 Å². The SMILES string of the molecule is CCCCc1cccc(C(C)=O)c1CC. The minimum atomic E-state index is 0.185. The lowest BCUT2D eigenvalue weighted by atomic mass is 9.94. The third-order valence-electron chi connectivity index (χ3n) is 2.81. The second-order valence-electron chi connectivity index (χ2n) is 3.96. The van der Waals surface area contributed by atoms with Crippen molar-refractivity contribution in [3.63, 3.8) is 0 Å². The molecule has 0 amide bonds. The number of unbranched alkanes of at least 4 members (excludes halogenated alkanes) is 1. The van der Waals surface area contributed by atoms with Gasteiger partial charge < -0.3 is 0 Å². The maximum atomic E-state index is 11.5. The van der Waals surface area contributed by atoms with Crippen LogP contribution < -0.4 is 0 Å². The highest BCUT2D eigenvalue weighted by Gasteiger charge is 2.09. The molecule has 1 nitrogen and oxygen atoms in total. The largest absolute Gasteiger partial charge is 0.295 e. The standard InChI is InChI=1S/C14H20O/c1-4-6-8-12-9-7-10-14(11(3)15)13(12)5-2/h7,9-10H,4-6,8H2,1-3H3. The van der Waals surface area contributed by atoms with Gasteiger partial charge in [-0.15, -0.1) is 0 Å². The molecule has 0 aliphatic carbocycles. The first kappa shape index (κ1) is 12.0. The predicted octanol–water partition coefficient (Wildman–Crippen LogP) is 3.79. The van der Waals surface area contributed by atoms with Crippen LogP contribution in [0.15, 0.2) is 18.2 Å². The summed E-state index contributed by atoms with van der Waals surface area (Å²) in [5.41, 5.74) is 3.51. The summed E-state index contributed by atoms with van der Waals surface area (Å²) in [5.74, 6) is 0.185. The van der Waals surface area contributed by atoms with E-state index in [1.54, 1.807) is 6.92 Å². The molecule has 0 atom stereocenters. The molecule has 0 aliphatic heterocycles. The molecule has 0 unspecified atom stereocenters. The number of carbonyl (C=O) groups is 1. The van der Waals surface area contributed by atoms with Crippen molar-refractivity contribution in [1.82, 2.24) is 0 Å². The molecule has 1 heteroatoms. The van der Waals surface area contributed by atoms with E-state index in [1.807, 2.05) is 12.1 Å². The summed E-state index contributed by atoms with van der Waals surface area (Å²) < 4.78 is 0. The second-order valence-corrected chi connectivity index (χ2v) is 3.96. The Labute approximate surface area is 92.5 Å². The van der Waals surface area contributed by atoms with Crippen LogP contribution >= 0.6 is 0 Å². The van der Waals surface area contributed by atoms with Gasteiger partial charge in [0.05, 0.1) is 0 Å². The van der Waals surface area contributed by atoms with Gasteiger partial charge in [0, 0.05) is 5.56 Å². The predicted molar refractivity (Wildman–Crippen MR) is 64.4 cm³/mol. The van der Waals surface area contributed by atoms with E-state index in [2.05, 4.69) is 19.9 Å². The van der Waals surface area contributed by atoms with Crippen LogP contribution in [0.25, 0.3) is 0 Å². The van der Waals surface area contributed by atoms with Crippen LogP contribution in [0, 0.1) is 0 Å². The average Bonchev–Trinajstić information content (AvgIpc) is 2.25. The number of carbonyl (C=O) groups excluding carboxylic acids is 1. The Bertz CT molecular complexity index is 339. The topological polar surface area (TPSA) is 17.1 Å². The fourth-order valence-electron chi connectivity index (χ4n) is 1.98. The van der Waals surface area contributed by atoms with Crippen LogP contribution in [-0.4, -0.2) is 5.78 Å². The van der Waals surface area contributed by atoms with Crippen LogP contribution in [0.4, 0.5) is 0 Å². The fraction of sp³-hybridized carbons (Fsp3) is 0.500. The Morgan fingerprint density at radius 2 is 2.00 bits per heavy atom. The first-order valence-electron chi connectivity index (χ1n) is 5.82. The highest BCUT2D eigenvalue weighted by molar-refractivity contribution is 5.95. The molecule has 1 aromatic rings. The van der Waals surface area contributed by atoms with Crippen molar-refractivity contribution in [2.24, 2.45) is 0 Å². The van der Waals surface area contributed by atoms with E-state index in [-0.39, 0.29) is 5.78 Å². The normalized spacial score (nSPS) is 10.3. The summed E-state index contributed by atoms with van der Waals surface area (Å²) in [4.78, 5) is 11.5. The zero-order valence-electron chi connectivity index (χ0n) is 9.97. The fourth-order valence-corrected chi connectivity index (χ4v) is 1.98. The van der Waals surface area contributed by atoms with E-state index in [0.29, 0.717) is 0 Å². The molecular weight excluding hydrogens is 184 g/mol. The Kier molecular flexibility index (Phi) is 4.54. The first-order valence-corrected chi connectivity index (χ1v) is 5.82. The molecule has 0 bridgehead atoms. The molecule has 0 fully saturated rings. The molecule has 1 aromatic carbocycles. The monoisotopic (exact) mass is 204 g/mol. The van der Waals surface area contributed by atoms with Crippen LogP contribution in [-0.2, 0) is 12.8 Å². The van der Waals surface area contributed by atoms with Crippen LogP contribution in [0.5, 0.6) is 0 Å². The van der Waals surface area contributed by atoms with Crippen LogP contribution in [0.3, 0.4) is 0 Å². The summed E-state index contributed by atoms with van der Waals surface area (Å²) in [7, 11) is 0. The van der Waals surface area contributed by atoms with E-state index in [0.717, 1.165) is 18.4 Å². The van der Waals surface area contributed by atoms with Crippen molar-refractivity contribution in [3.05, 3.63) is 34.9 Å². The van der Waals surface area contributed by atoms with Gasteiger partial charge in [0.25, 0.3) is 0 Å². The molecular formula is C14H20O. The lowest BCUT2D eigenvalue weighted by molar-refractivity contribution is 0.101. The van der Waals surface area contributed by atoms with Gasteiger partial charge in [-0.05, 0) is 37.3 Å². The average molecular weight is 204 g/mol. The summed E-state index contributed by atoms with van der Waals surface area (Å²) in [6.45, 7) is 5.97. The van der Waals surface area contributed by atoms with Crippen molar-refractivity contribution in [3.8, 4) is 0 Å². The quantitative estimate of drug-likeness (QED) is 0.667. The van der Waals surface area contributed by atoms with E-state index in [4.69, 9.17) is 0 Å². The number of hydrogen-bond acceptors (Lipinski definition) is 1. The molecule has 0 saturated carbocycles. The Morgan fingerprint density at radius 1 is 1.27 bits per heavy atom. The zero-order valence-corrected chi connectivity index (χ0v) is 9.97. The van der Waals surface area contributed by atoms with Crippen LogP contribution in [0.2, 0.25) is 0 Å². The van der Waals surface area contributed by atoms with Crippen molar-refractivity contribution < 1.29 is 4.79 Å². The number of hydrogen-bond donors (Lipinski definition) is 0. The smallest absolute Gasteiger partial charge is 0.160 e. The van der Waals surface area contributed by atoms with E-state index < -0.39 is 0 Å². The number of Topliss-reactive ketones (excluding diaryl/α,β-unsaturated/α-hetero) is 1. The summed E-state index contributed by atoms with van der Waals surface area (Å²) in [6, 6.07) is 6.10. The van der Waals surface area contributed by atoms with Gasteiger partial charge >= 0.3 is 0 Å². The minimum Gasteiger partial charge on any atom is -0.295 e. The summed E-state index contributed by atoms with van der Waals surface area (Å²) >= 11 is 0. The van der Waals surface area contributed by atoms with E-state index >= 15 is 0 Å². The third-order valence-corrected chi connectivity index (χ3v) is 2.81. The van der Waals surface area contributed by atoms with Crippen molar-refractivity contribution in [2.45, 2.75) is 46.5 Å². The lowest BCUT2D eigenvalue weighted by Gasteiger charge is -2.11. The number of benzene rings is 1. The highest BCUT2D eigenvalue weighted by atomic mass is 16.1. The maximum absolute atomic E-state index is 11.5. The van der Waals surface area contributed by atoms with E-state index in [9.17, 15) is 4.79 Å². The van der Waals surface area contributed by atoms with Crippen LogP contribution in [0.1, 0.15) is 55.1 Å². The van der Waals surface area contributed by atoms with Gasteiger partial charge in [0.2, 0.25) is 0 Å². The zero-order chi connectivity index (χ0) is 11.3. The molecule has 0 heterocycles. The molecule has 1 rings (SSSR count). The molecule has 0 aliphatic rings. The lowest BCUT2D eigenvalue weighted by Crippen LogP contribution is -2.03. The molecule has 0 N–H and O–H groups in total. The molecule has 0 radical (unpaired) electrons. The molecule has 82 valence electrons. The second kappa shape index (κ2) is 5.69. The minimum absolute atomic E-state index is 0.185. The Morgan fingerprint density at radius 3 is 2.53 bits per heavy atom. The van der Waals surface area contributed by atoms with Gasteiger partial charge in [-0.3, -0.25) is 4.79 Å². The Balaban J connectivity index is 3.04. The third kappa shape index (κ3) is 2.92. The van der Waals surface area contributed by atoms with E-state index in [1.165, 1.54) is 24.0 Å². The first-order chi connectivity index (χ1) is 7.20. The molecule has 0 spiro atoms. The maximum Gasteiger partial charge on any atom is 0.160 e. The van der Waals surface area contributed by atoms with Gasteiger partial charge in [-0.2, -0.15) is 0 Å². The summed E-state index contributed by atoms with van der Waals surface area (Å²) in [6.07, 6.45) is 4.46. The number of ketones is 1. The number of rotatable bonds is 5. The van der Waals surface area contributed by atoms with Crippen molar-refractivity contribution in [2.75, 3.05) is 0 Å². The van der Waals surface area contributed by atoms with Gasteiger partial charge in [-0.1, -0.05) is 38.5 Å². The van der Waals surface area contributed by atoms with Crippen molar-refractivity contribution >= 4 is 5.78 Å².